The summed E-state index contributed by atoms with van der Waals surface area (Å²) in [5, 5.41) is 2.75. The minimum atomic E-state index is -0.773. The molecule has 0 atom stereocenters. The number of hydrogen-bond donors (Lipinski definition) is 1. The molecule has 0 radical (unpaired) electrons. The standard InChI is InChI=1S/C21H22N2O6/c1-27-11-12-28-10-9-22-20(25)15-7-8-18-16(13-15)14-19(24)23(18)21(26)29-17-5-3-2-4-6-17/h2-8,13H,9-12,14H2,1H3,(H,22,25). The minimum absolute atomic E-state index is 0.0282. The first-order chi connectivity index (χ1) is 14.1. The van der Waals surface area contributed by atoms with Crippen LogP contribution in [0.1, 0.15) is 15.9 Å². The molecule has 152 valence electrons. The maximum atomic E-state index is 12.4. The lowest BCUT2D eigenvalue weighted by Crippen LogP contribution is -2.36. The fraction of sp³-hybridized carbons (Fsp3) is 0.286. The van der Waals surface area contributed by atoms with Crippen LogP contribution in [0.4, 0.5) is 10.5 Å². The van der Waals surface area contributed by atoms with Crippen LogP contribution in [0.25, 0.3) is 0 Å². The van der Waals surface area contributed by atoms with Crippen molar-refractivity contribution in [1.29, 1.82) is 0 Å². The smallest absolute Gasteiger partial charge is 0.410 e. The summed E-state index contributed by atoms with van der Waals surface area (Å²) < 4.78 is 15.4. The second kappa shape index (κ2) is 9.81. The second-order valence-corrected chi connectivity index (χ2v) is 6.29. The Labute approximate surface area is 168 Å². The first-order valence-electron chi connectivity index (χ1n) is 9.18. The predicted molar refractivity (Wildman–Crippen MR) is 105 cm³/mol. The number of hydrogen-bond acceptors (Lipinski definition) is 6. The number of imide groups is 1. The monoisotopic (exact) mass is 398 g/mol. The molecule has 0 saturated carbocycles. The van der Waals surface area contributed by atoms with Gasteiger partial charge in [-0.2, -0.15) is 0 Å². The Morgan fingerprint density at radius 3 is 2.62 bits per heavy atom. The normalized spacial score (nSPS) is 12.6. The second-order valence-electron chi connectivity index (χ2n) is 6.29. The molecule has 1 N–H and O–H groups in total. The molecule has 8 nitrogen and oxygen atoms in total. The van der Waals surface area contributed by atoms with E-state index in [9.17, 15) is 14.4 Å². The van der Waals surface area contributed by atoms with Crippen LogP contribution in [0, 0.1) is 0 Å². The van der Waals surface area contributed by atoms with Crippen molar-refractivity contribution in [3.05, 3.63) is 59.7 Å². The molecule has 3 amide bonds. The zero-order valence-corrected chi connectivity index (χ0v) is 16.1. The molecular formula is C21H22N2O6. The van der Waals surface area contributed by atoms with Gasteiger partial charge in [0.15, 0.2) is 0 Å². The molecule has 1 heterocycles. The van der Waals surface area contributed by atoms with Crippen molar-refractivity contribution in [1.82, 2.24) is 5.32 Å². The molecular weight excluding hydrogens is 376 g/mol. The number of nitrogens with one attached hydrogen (secondary N) is 1. The minimum Gasteiger partial charge on any atom is -0.410 e. The van der Waals surface area contributed by atoms with E-state index in [-0.39, 0.29) is 12.3 Å². The number of rotatable bonds is 8. The summed E-state index contributed by atoms with van der Waals surface area (Å²) in [6.45, 7) is 1.68. The van der Waals surface area contributed by atoms with E-state index in [1.807, 2.05) is 0 Å². The third-order valence-corrected chi connectivity index (χ3v) is 4.27. The first kappa shape index (κ1) is 20.5. The van der Waals surface area contributed by atoms with Crippen molar-refractivity contribution in [2.24, 2.45) is 0 Å². The van der Waals surface area contributed by atoms with Crippen molar-refractivity contribution in [3.8, 4) is 5.75 Å². The van der Waals surface area contributed by atoms with Gasteiger partial charge in [-0.3, -0.25) is 9.59 Å². The summed E-state index contributed by atoms with van der Waals surface area (Å²) in [4.78, 5) is 38.1. The van der Waals surface area contributed by atoms with E-state index < -0.39 is 12.0 Å². The van der Waals surface area contributed by atoms with Gasteiger partial charge in [-0.05, 0) is 35.9 Å². The molecule has 0 unspecified atom stereocenters. The highest BCUT2D eigenvalue weighted by molar-refractivity contribution is 6.17. The maximum absolute atomic E-state index is 12.4. The van der Waals surface area contributed by atoms with Gasteiger partial charge in [0.05, 0.1) is 31.9 Å². The summed E-state index contributed by atoms with van der Waals surface area (Å²) in [5.74, 6) is -0.326. The molecule has 8 heteroatoms. The number of benzene rings is 2. The molecule has 0 spiro atoms. The molecule has 3 rings (SSSR count). The van der Waals surface area contributed by atoms with E-state index in [0.717, 1.165) is 4.90 Å². The molecule has 0 saturated heterocycles. The maximum Gasteiger partial charge on any atom is 0.426 e. The van der Waals surface area contributed by atoms with Gasteiger partial charge < -0.3 is 19.5 Å². The summed E-state index contributed by atoms with van der Waals surface area (Å²) in [7, 11) is 1.59. The van der Waals surface area contributed by atoms with Crippen LogP contribution < -0.4 is 15.0 Å². The lowest BCUT2D eigenvalue weighted by Gasteiger charge is -2.15. The molecule has 0 bridgehead atoms. The molecule has 1 aliphatic rings. The van der Waals surface area contributed by atoms with Crippen molar-refractivity contribution in [2.75, 3.05) is 38.4 Å². The van der Waals surface area contributed by atoms with E-state index >= 15 is 0 Å². The Morgan fingerprint density at radius 2 is 1.86 bits per heavy atom. The highest BCUT2D eigenvalue weighted by Crippen LogP contribution is 2.30. The number of para-hydroxylation sites is 1. The molecule has 2 aromatic carbocycles. The van der Waals surface area contributed by atoms with Gasteiger partial charge in [-0.25, -0.2) is 9.69 Å². The van der Waals surface area contributed by atoms with Crippen LogP contribution >= 0.6 is 0 Å². The lowest BCUT2D eigenvalue weighted by molar-refractivity contribution is -0.116. The van der Waals surface area contributed by atoms with E-state index in [1.165, 1.54) is 0 Å². The zero-order valence-electron chi connectivity index (χ0n) is 16.1. The predicted octanol–water partition coefficient (Wildman–Crippen LogP) is 2.17. The average molecular weight is 398 g/mol. The highest BCUT2D eigenvalue weighted by atomic mass is 16.6. The molecule has 0 fully saturated rings. The Kier molecular flexibility index (Phi) is 6.94. The Bertz CT molecular complexity index is 884. The largest absolute Gasteiger partial charge is 0.426 e. The van der Waals surface area contributed by atoms with Gasteiger partial charge in [0, 0.05) is 19.2 Å². The van der Waals surface area contributed by atoms with Crippen molar-refractivity contribution in [3.63, 3.8) is 0 Å². The van der Waals surface area contributed by atoms with Gasteiger partial charge in [0.1, 0.15) is 5.75 Å². The van der Waals surface area contributed by atoms with E-state index in [0.29, 0.717) is 48.9 Å². The summed E-state index contributed by atoms with van der Waals surface area (Å²) >= 11 is 0. The van der Waals surface area contributed by atoms with E-state index in [1.54, 1.807) is 55.6 Å². The van der Waals surface area contributed by atoms with Crippen LogP contribution in [0.15, 0.2) is 48.5 Å². The Balaban J connectivity index is 1.61. The third kappa shape index (κ3) is 5.18. The lowest BCUT2D eigenvalue weighted by atomic mass is 10.1. The molecule has 29 heavy (non-hydrogen) atoms. The number of carbonyl (C=O) groups is 3. The average Bonchev–Trinajstić information content (AvgIpc) is 3.06. The third-order valence-electron chi connectivity index (χ3n) is 4.27. The zero-order chi connectivity index (χ0) is 20.6. The highest BCUT2D eigenvalue weighted by Gasteiger charge is 2.34. The topological polar surface area (TPSA) is 94.2 Å². The van der Waals surface area contributed by atoms with Crippen molar-refractivity contribution < 1.29 is 28.6 Å². The summed E-state index contributed by atoms with van der Waals surface area (Å²) in [5.41, 5.74) is 1.44. The van der Waals surface area contributed by atoms with Crippen molar-refractivity contribution in [2.45, 2.75) is 6.42 Å². The number of amides is 3. The number of nitrogens with zero attached hydrogens (tertiary/aromatic N) is 1. The van der Waals surface area contributed by atoms with Crippen molar-refractivity contribution >= 4 is 23.6 Å². The Morgan fingerprint density at radius 1 is 1.07 bits per heavy atom. The number of carbonyl (C=O) groups excluding carboxylic acids is 3. The number of ether oxygens (including phenoxy) is 3. The molecule has 0 aromatic heterocycles. The molecule has 0 aliphatic carbocycles. The van der Waals surface area contributed by atoms with Gasteiger partial charge in [0.2, 0.25) is 5.91 Å². The fourth-order valence-electron chi connectivity index (χ4n) is 2.88. The fourth-order valence-corrected chi connectivity index (χ4v) is 2.88. The summed E-state index contributed by atoms with van der Waals surface area (Å²) in [6.07, 6.45) is -0.745. The summed E-state index contributed by atoms with van der Waals surface area (Å²) in [6, 6.07) is 13.3. The van der Waals surface area contributed by atoms with Gasteiger partial charge in [-0.15, -0.1) is 0 Å². The van der Waals surface area contributed by atoms with E-state index in [4.69, 9.17) is 14.2 Å². The van der Waals surface area contributed by atoms with Crippen LogP contribution in [0.2, 0.25) is 0 Å². The Hall–Kier alpha value is -3.23. The number of anilines is 1. The van der Waals surface area contributed by atoms with Gasteiger partial charge in [-0.1, -0.05) is 18.2 Å². The molecule has 1 aliphatic heterocycles. The SMILES string of the molecule is COCCOCCNC(=O)c1ccc2c(c1)CC(=O)N2C(=O)Oc1ccccc1. The van der Waals surface area contributed by atoms with Crippen LogP contribution in [-0.2, 0) is 20.7 Å². The van der Waals surface area contributed by atoms with E-state index in [2.05, 4.69) is 5.32 Å². The first-order valence-corrected chi connectivity index (χ1v) is 9.18. The van der Waals surface area contributed by atoms with Crippen LogP contribution in [-0.4, -0.2) is 51.4 Å². The van der Waals surface area contributed by atoms with Crippen LogP contribution in [0.3, 0.4) is 0 Å². The number of methoxy groups -OCH3 is 1. The van der Waals surface area contributed by atoms with Gasteiger partial charge >= 0.3 is 6.09 Å². The van der Waals surface area contributed by atoms with Crippen LogP contribution in [0.5, 0.6) is 5.75 Å². The quantitative estimate of drug-likeness (QED) is 0.685. The van der Waals surface area contributed by atoms with Gasteiger partial charge in [0.25, 0.3) is 5.91 Å². The molecule has 2 aromatic rings. The number of fused-ring (bicyclic) bond motifs is 1.